The Morgan fingerprint density at radius 3 is 2.67 bits per heavy atom. The fraction of sp³-hybridized carbons (Fsp3) is 0.909. The summed E-state index contributed by atoms with van der Waals surface area (Å²) in [6, 6.07) is 0.140. The van der Waals surface area contributed by atoms with Gasteiger partial charge in [-0.05, 0) is 31.3 Å². The van der Waals surface area contributed by atoms with Crippen LogP contribution >= 0.6 is 11.8 Å². The molecule has 0 aromatic carbocycles. The molecule has 88 valence electrons. The van der Waals surface area contributed by atoms with Crippen LogP contribution in [0.5, 0.6) is 0 Å². The molecule has 1 atom stereocenters. The quantitative estimate of drug-likeness (QED) is 0.778. The van der Waals surface area contributed by atoms with Crippen molar-refractivity contribution in [2.75, 3.05) is 19.1 Å². The number of carbonyl (C=O) groups excluding carboxylic acids is 1. The van der Waals surface area contributed by atoms with Crippen LogP contribution in [0.2, 0.25) is 0 Å². The van der Waals surface area contributed by atoms with Crippen LogP contribution in [0.1, 0.15) is 32.1 Å². The molecule has 0 spiro atoms. The number of rotatable bonds is 5. The second kappa shape index (κ2) is 6.38. The molecule has 1 rings (SSSR count). The predicted octanol–water partition coefficient (Wildman–Crippen LogP) is 1.47. The van der Waals surface area contributed by atoms with Crippen LogP contribution in [-0.4, -0.2) is 41.9 Å². The molecule has 0 bridgehead atoms. The summed E-state index contributed by atoms with van der Waals surface area (Å²) in [5.74, 6) is 1.08. The SMILES string of the molecule is CSCC[C@H](N)C(=O)N(C)C1CCCC1. The fourth-order valence-corrected chi connectivity index (χ4v) is 2.59. The van der Waals surface area contributed by atoms with Crippen LogP contribution in [0.4, 0.5) is 0 Å². The summed E-state index contributed by atoms with van der Waals surface area (Å²) in [5.41, 5.74) is 5.87. The molecule has 0 aliphatic heterocycles. The van der Waals surface area contributed by atoms with E-state index in [0.29, 0.717) is 6.04 Å². The van der Waals surface area contributed by atoms with Gasteiger partial charge < -0.3 is 10.6 Å². The van der Waals surface area contributed by atoms with Gasteiger partial charge in [0.1, 0.15) is 0 Å². The molecule has 15 heavy (non-hydrogen) atoms. The summed E-state index contributed by atoms with van der Waals surface area (Å²) in [7, 11) is 1.90. The van der Waals surface area contributed by atoms with Crippen molar-refractivity contribution < 1.29 is 4.79 Å². The Labute approximate surface area is 96.8 Å². The van der Waals surface area contributed by atoms with E-state index in [1.807, 2.05) is 18.2 Å². The third-order valence-electron chi connectivity index (χ3n) is 3.17. The molecule has 3 nitrogen and oxygen atoms in total. The normalized spacial score (nSPS) is 19.1. The predicted molar refractivity (Wildman–Crippen MR) is 66.0 cm³/mol. The summed E-state index contributed by atoms with van der Waals surface area (Å²) in [4.78, 5) is 13.8. The summed E-state index contributed by atoms with van der Waals surface area (Å²) in [5, 5.41) is 0. The number of hydrogen-bond donors (Lipinski definition) is 1. The number of thioether (sulfide) groups is 1. The molecule has 1 aliphatic carbocycles. The van der Waals surface area contributed by atoms with Gasteiger partial charge in [-0.25, -0.2) is 0 Å². The molecule has 0 saturated heterocycles. The second-order valence-electron chi connectivity index (χ2n) is 4.28. The minimum atomic E-state index is -0.303. The van der Waals surface area contributed by atoms with Gasteiger partial charge in [0, 0.05) is 13.1 Å². The lowest BCUT2D eigenvalue weighted by molar-refractivity contribution is -0.133. The smallest absolute Gasteiger partial charge is 0.239 e. The van der Waals surface area contributed by atoms with E-state index in [-0.39, 0.29) is 11.9 Å². The van der Waals surface area contributed by atoms with Gasteiger partial charge in [0.05, 0.1) is 6.04 Å². The molecule has 4 heteroatoms. The molecule has 0 unspecified atom stereocenters. The highest BCUT2D eigenvalue weighted by molar-refractivity contribution is 7.98. The Kier molecular flexibility index (Phi) is 5.47. The van der Waals surface area contributed by atoms with Crippen molar-refractivity contribution >= 4 is 17.7 Å². The lowest BCUT2D eigenvalue weighted by Crippen LogP contribution is -2.45. The van der Waals surface area contributed by atoms with E-state index in [9.17, 15) is 4.79 Å². The first-order valence-corrected chi connectivity index (χ1v) is 7.07. The number of amides is 1. The van der Waals surface area contributed by atoms with Crippen molar-refractivity contribution in [3.63, 3.8) is 0 Å². The van der Waals surface area contributed by atoms with Gasteiger partial charge in [0.25, 0.3) is 0 Å². The monoisotopic (exact) mass is 230 g/mol. The van der Waals surface area contributed by atoms with E-state index in [1.165, 1.54) is 12.8 Å². The van der Waals surface area contributed by atoms with E-state index in [1.54, 1.807) is 11.8 Å². The average Bonchev–Trinajstić information content (AvgIpc) is 2.77. The van der Waals surface area contributed by atoms with E-state index < -0.39 is 0 Å². The highest BCUT2D eigenvalue weighted by Gasteiger charge is 2.26. The van der Waals surface area contributed by atoms with E-state index in [2.05, 4.69) is 0 Å². The van der Waals surface area contributed by atoms with E-state index >= 15 is 0 Å². The Morgan fingerprint density at radius 1 is 1.53 bits per heavy atom. The third-order valence-corrected chi connectivity index (χ3v) is 3.81. The Bertz CT molecular complexity index is 205. The van der Waals surface area contributed by atoms with Crippen LogP contribution < -0.4 is 5.73 Å². The molecule has 0 radical (unpaired) electrons. The molecule has 0 heterocycles. The van der Waals surface area contributed by atoms with Gasteiger partial charge in [-0.3, -0.25) is 4.79 Å². The topological polar surface area (TPSA) is 46.3 Å². The molecule has 1 aliphatic rings. The molecule has 0 aromatic heterocycles. The van der Waals surface area contributed by atoms with Gasteiger partial charge in [-0.1, -0.05) is 12.8 Å². The standard InChI is InChI=1S/C11H22N2OS/c1-13(9-5-3-4-6-9)11(14)10(12)7-8-15-2/h9-10H,3-8,12H2,1-2H3/t10-/m0/s1. The molecule has 1 amide bonds. The lowest BCUT2D eigenvalue weighted by Gasteiger charge is -2.27. The summed E-state index contributed by atoms with van der Waals surface area (Å²) >= 11 is 1.74. The summed E-state index contributed by atoms with van der Waals surface area (Å²) in [6.07, 6.45) is 7.63. The van der Waals surface area contributed by atoms with E-state index in [0.717, 1.165) is 25.0 Å². The summed E-state index contributed by atoms with van der Waals surface area (Å²) in [6.45, 7) is 0. The van der Waals surface area contributed by atoms with Crippen LogP contribution in [0.3, 0.4) is 0 Å². The first-order valence-electron chi connectivity index (χ1n) is 5.68. The maximum absolute atomic E-state index is 11.9. The largest absolute Gasteiger partial charge is 0.341 e. The van der Waals surface area contributed by atoms with Crippen molar-refractivity contribution in [3.8, 4) is 0 Å². The van der Waals surface area contributed by atoms with E-state index in [4.69, 9.17) is 5.73 Å². The van der Waals surface area contributed by atoms with Gasteiger partial charge >= 0.3 is 0 Å². The number of nitrogens with zero attached hydrogens (tertiary/aromatic N) is 1. The van der Waals surface area contributed by atoms with Crippen molar-refractivity contribution in [3.05, 3.63) is 0 Å². The Hall–Kier alpha value is -0.220. The highest BCUT2D eigenvalue weighted by atomic mass is 32.2. The molecular weight excluding hydrogens is 208 g/mol. The Balaban J connectivity index is 2.36. The first-order chi connectivity index (χ1) is 7.16. The zero-order valence-corrected chi connectivity index (χ0v) is 10.6. The molecule has 1 fully saturated rings. The van der Waals surface area contributed by atoms with Gasteiger partial charge in [0.2, 0.25) is 5.91 Å². The van der Waals surface area contributed by atoms with Crippen LogP contribution in [-0.2, 0) is 4.79 Å². The van der Waals surface area contributed by atoms with Crippen molar-refractivity contribution in [1.82, 2.24) is 4.90 Å². The molecule has 2 N–H and O–H groups in total. The van der Waals surface area contributed by atoms with Gasteiger partial charge in [0.15, 0.2) is 0 Å². The number of carbonyl (C=O) groups is 1. The number of likely N-dealkylation sites (N-methyl/N-ethyl adjacent to an activating group) is 1. The maximum Gasteiger partial charge on any atom is 0.239 e. The third kappa shape index (κ3) is 3.68. The van der Waals surface area contributed by atoms with Crippen LogP contribution in [0, 0.1) is 0 Å². The zero-order valence-electron chi connectivity index (χ0n) is 9.74. The van der Waals surface area contributed by atoms with Gasteiger partial charge in [-0.15, -0.1) is 0 Å². The van der Waals surface area contributed by atoms with Crippen molar-refractivity contribution in [2.45, 2.75) is 44.2 Å². The van der Waals surface area contributed by atoms with Crippen molar-refractivity contribution in [1.29, 1.82) is 0 Å². The maximum atomic E-state index is 11.9. The second-order valence-corrected chi connectivity index (χ2v) is 5.26. The number of nitrogens with two attached hydrogens (primary N) is 1. The summed E-state index contributed by atoms with van der Waals surface area (Å²) < 4.78 is 0. The number of hydrogen-bond acceptors (Lipinski definition) is 3. The average molecular weight is 230 g/mol. The van der Waals surface area contributed by atoms with Crippen LogP contribution in [0.25, 0.3) is 0 Å². The first kappa shape index (κ1) is 12.8. The molecular formula is C11H22N2OS. The lowest BCUT2D eigenvalue weighted by atomic mass is 10.1. The van der Waals surface area contributed by atoms with Crippen LogP contribution in [0.15, 0.2) is 0 Å². The van der Waals surface area contributed by atoms with Crippen molar-refractivity contribution in [2.24, 2.45) is 5.73 Å². The highest BCUT2D eigenvalue weighted by Crippen LogP contribution is 2.22. The fourth-order valence-electron chi connectivity index (χ4n) is 2.10. The molecule has 1 saturated carbocycles. The molecule has 0 aromatic rings. The minimum Gasteiger partial charge on any atom is -0.341 e. The minimum absolute atomic E-state index is 0.121. The zero-order chi connectivity index (χ0) is 11.3. The van der Waals surface area contributed by atoms with Gasteiger partial charge in [-0.2, -0.15) is 11.8 Å². The Morgan fingerprint density at radius 2 is 2.13 bits per heavy atom.